The zero-order valence-corrected chi connectivity index (χ0v) is 17.2. The van der Waals surface area contributed by atoms with Crippen LogP contribution in [0.1, 0.15) is 0 Å². The van der Waals surface area contributed by atoms with Crippen LogP contribution in [-0.4, -0.2) is 77.9 Å². The first kappa shape index (κ1) is 31.5. The van der Waals surface area contributed by atoms with Crippen molar-refractivity contribution in [1.29, 1.82) is 0 Å². The highest BCUT2D eigenvalue weighted by Gasteiger charge is 2.68. The monoisotopic (exact) mass is 523 g/mol. The molecule has 0 saturated carbocycles. The van der Waals surface area contributed by atoms with E-state index in [0.717, 1.165) is 4.48 Å². The standard InChI is InChI=1S/C7H14N2O.C4F10NO4S2/c1-5-7(10)8-6-9(2,3)4;5-1(6,7)3(11,12)20(16,17)15-21(18,19)4(13,14)2(8,9)10/h5H,1,6H2,2-4H3;/q;-1/p+1. The molecule has 0 unspecified atom stereocenters. The van der Waals surface area contributed by atoms with Gasteiger partial charge in [0.2, 0.25) is 5.91 Å². The Morgan fingerprint density at radius 1 is 0.839 bits per heavy atom. The maximum absolute atomic E-state index is 12.3. The molecule has 0 aromatic rings. The summed E-state index contributed by atoms with van der Waals surface area (Å²) in [6.45, 7) is 3.97. The third-order valence-corrected chi connectivity index (χ3v) is 5.75. The zero-order valence-electron chi connectivity index (χ0n) is 15.5. The smallest absolute Gasteiger partial charge is 0.425 e. The summed E-state index contributed by atoms with van der Waals surface area (Å²) in [4.78, 5) is 10.6. The SMILES string of the molecule is C=CC(=O)NC[N+](C)(C)C.O=S(=O)([N-]S(=O)(=O)C(F)(F)C(F)(F)F)C(F)(F)C(F)(F)F. The Morgan fingerprint density at radius 3 is 1.32 bits per heavy atom. The number of nitrogens with one attached hydrogen (secondary N) is 1. The van der Waals surface area contributed by atoms with E-state index in [0.29, 0.717) is 10.8 Å². The first-order valence-electron chi connectivity index (χ1n) is 6.99. The fourth-order valence-corrected chi connectivity index (χ4v) is 3.27. The summed E-state index contributed by atoms with van der Waals surface area (Å²) in [6, 6.07) is 0. The van der Waals surface area contributed by atoms with Crippen molar-refractivity contribution in [2.24, 2.45) is 0 Å². The van der Waals surface area contributed by atoms with Gasteiger partial charge in [-0.25, -0.2) is 16.8 Å². The first-order chi connectivity index (χ1) is 13.2. The van der Waals surface area contributed by atoms with E-state index >= 15 is 0 Å². The summed E-state index contributed by atoms with van der Waals surface area (Å²) < 4.78 is 162. The van der Waals surface area contributed by atoms with Gasteiger partial charge >= 0.3 is 22.9 Å². The normalized spacial score (nSPS) is 14.4. The molecule has 0 aliphatic carbocycles. The van der Waals surface area contributed by atoms with Crippen molar-refractivity contribution in [1.82, 2.24) is 5.32 Å². The summed E-state index contributed by atoms with van der Waals surface area (Å²) in [5.41, 5.74) is 0. The molecule has 31 heavy (non-hydrogen) atoms. The lowest BCUT2D eigenvalue weighted by Gasteiger charge is -2.31. The molecule has 1 N–H and O–H groups in total. The van der Waals surface area contributed by atoms with Gasteiger partial charge in [-0.2, -0.15) is 43.9 Å². The molecule has 186 valence electrons. The van der Waals surface area contributed by atoms with Crippen molar-refractivity contribution in [3.05, 3.63) is 16.8 Å². The van der Waals surface area contributed by atoms with Gasteiger partial charge < -0.3 is 13.9 Å². The molecule has 0 bridgehead atoms. The summed E-state index contributed by atoms with van der Waals surface area (Å²) >= 11 is 0. The number of carbonyl (C=O) groups excluding carboxylic acids is 1. The second-order valence-electron chi connectivity index (χ2n) is 6.25. The summed E-state index contributed by atoms with van der Waals surface area (Å²) in [7, 11) is -9.23. The van der Waals surface area contributed by atoms with Crippen LogP contribution in [-0.2, 0) is 24.8 Å². The Morgan fingerprint density at radius 2 is 1.13 bits per heavy atom. The topological polar surface area (TPSA) is 111 Å². The van der Waals surface area contributed by atoms with Crippen molar-refractivity contribution in [2.45, 2.75) is 22.9 Å². The minimum absolute atomic E-state index is 0.118. The van der Waals surface area contributed by atoms with Crippen LogP contribution < -0.4 is 5.32 Å². The van der Waals surface area contributed by atoms with Crippen molar-refractivity contribution < 1.29 is 70.0 Å². The third kappa shape index (κ3) is 8.41. The molecule has 1 amide bonds. The van der Waals surface area contributed by atoms with Gasteiger partial charge in [0.05, 0.1) is 21.1 Å². The average molecular weight is 523 g/mol. The fourth-order valence-electron chi connectivity index (χ4n) is 0.903. The van der Waals surface area contributed by atoms with E-state index < -0.39 is 42.9 Å². The molecule has 0 aromatic heterocycles. The van der Waals surface area contributed by atoms with E-state index in [1.54, 1.807) is 0 Å². The largest absolute Gasteiger partial charge is 0.467 e. The summed E-state index contributed by atoms with van der Waals surface area (Å²) in [6.07, 6.45) is -12.7. The maximum atomic E-state index is 12.3. The zero-order chi connectivity index (χ0) is 25.9. The number of alkyl halides is 10. The minimum atomic E-state index is -7.62. The quantitative estimate of drug-likeness (QED) is 0.238. The van der Waals surface area contributed by atoms with Gasteiger partial charge in [-0.15, -0.1) is 0 Å². The fraction of sp³-hybridized carbons (Fsp3) is 0.727. The van der Waals surface area contributed by atoms with Gasteiger partial charge in [0.25, 0.3) is 0 Å². The molecule has 0 spiro atoms. The maximum Gasteiger partial charge on any atom is 0.467 e. The Labute approximate surface area is 169 Å². The Kier molecular flexibility index (Phi) is 9.60. The molecule has 0 heterocycles. The lowest BCUT2D eigenvalue weighted by Crippen LogP contribution is -2.48. The van der Waals surface area contributed by atoms with Crippen LogP contribution in [0.15, 0.2) is 12.7 Å². The molecule has 8 nitrogen and oxygen atoms in total. The first-order valence-corrected chi connectivity index (χ1v) is 9.87. The number of carbonyl (C=O) groups is 1. The highest BCUT2D eigenvalue weighted by Crippen LogP contribution is 2.47. The lowest BCUT2D eigenvalue weighted by molar-refractivity contribution is -0.872. The second kappa shape index (κ2) is 9.45. The van der Waals surface area contributed by atoms with Crippen LogP contribution in [0.2, 0.25) is 0 Å². The van der Waals surface area contributed by atoms with E-state index in [-0.39, 0.29) is 5.91 Å². The number of quaternary nitrogens is 1. The van der Waals surface area contributed by atoms with Crippen LogP contribution >= 0.6 is 0 Å². The Hall–Kier alpha value is -1.67. The molecule has 0 aromatic carbocycles. The predicted octanol–water partition coefficient (Wildman–Crippen LogP) is 2.28. The van der Waals surface area contributed by atoms with Crippen LogP contribution in [0.4, 0.5) is 43.9 Å². The summed E-state index contributed by atoms with van der Waals surface area (Å²) in [5.74, 6) is -0.118. The average Bonchev–Trinajstić information content (AvgIpc) is 2.48. The van der Waals surface area contributed by atoms with Gasteiger partial charge in [-0.1, -0.05) is 6.58 Å². The number of hydrogen-bond donors (Lipinski definition) is 1. The van der Waals surface area contributed by atoms with Crippen LogP contribution in [0.25, 0.3) is 4.13 Å². The number of sulfonamides is 2. The van der Waals surface area contributed by atoms with E-state index in [4.69, 9.17) is 0 Å². The second-order valence-corrected chi connectivity index (χ2v) is 9.77. The minimum Gasteiger partial charge on any atom is -0.425 e. The van der Waals surface area contributed by atoms with E-state index in [9.17, 15) is 65.5 Å². The van der Waals surface area contributed by atoms with Gasteiger partial charge in [-0.05, 0) is 6.08 Å². The molecular weight excluding hydrogens is 508 g/mol. The lowest BCUT2D eigenvalue weighted by atomic mass is 10.6. The number of amides is 1. The number of nitrogens with zero attached hydrogens (tertiary/aromatic N) is 2. The highest BCUT2D eigenvalue weighted by atomic mass is 32.3. The van der Waals surface area contributed by atoms with E-state index in [1.165, 1.54) is 6.08 Å². The Balaban J connectivity index is 0. The van der Waals surface area contributed by atoms with Crippen molar-refractivity contribution in [3.8, 4) is 0 Å². The number of hydrogen-bond acceptors (Lipinski definition) is 5. The van der Waals surface area contributed by atoms with Gasteiger partial charge in [0.1, 0.15) is 0 Å². The van der Waals surface area contributed by atoms with Gasteiger partial charge in [0.15, 0.2) is 26.7 Å². The van der Waals surface area contributed by atoms with Crippen LogP contribution in [0.5, 0.6) is 0 Å². The van der Waals surface area contributed by atoms with Crippen molar-refractivity contribution in [3.63, 3.8) is 0 Å². The molecule has 0 aliphatic rings. The Bertz CT molecular complexity index is 804. The molecule has 0 fully saturated rings. The van der Waals surface area contributed by atoms with Crippen LogP contribution in [0, 0.1) is 0 Å². The molecule has 0 aliphatic heterocycles. The van der Waals surface area contributed by atoms with Gasteiger partial charge in [-0.3, -0.25) is 4.79 Å². The number of rotatable bonds is 7. The van der Waals surface area contributed by atoms with E-state index in [2.05, 4.69) is 11.9 Å². The number of halogens is 10. The van der Waals surface area contributed by atoms with Crippen LogP contribution in [0.3, 0.4) is 0 Å². The predicted molar refractivity (Wildman–Crippen MR) is 84.4 cm³/mol. The molecule has 0 radical (unpaired) electrons. The molecule has 0 rings (SSSR count). The van der Waals surface area contributed by atoms with E-state index in [1.807, 2.05) is 21.1 Å². The van der Waals surface area contributed by atoms with Crippen molar-refractivity contribution >= 4 is 26.0 Å². The molecule has 0 saturated heterocycles. The molecule has 20 heteroatoms. The molecule has 0 atom stereocenters. The summed E-state index contributed by atoms with van der Waals surface area (Å²) in [5, 5.41) is -11.3. The highest BCUT2D eigenvalue weighted by molar-refractivity contribution is 8.13. The van der Waals surface area contributed by atoms with Gasteiger partial charge in [0, 0.05) is 0 Å². The van der Waals surface area contributed by atoms with Crippen molar-refractivity contribution in [2.75, 3.05) is 27.8 Å². The molecular formula is C11H15F10N3O5S2. The third-order valence-electron chi connectivity index (χ3n) is 2.42.